The number of hydrogen-bond acceptors (Lipinski definition) is 5. The highest BCUT2D eigenvalue weighted by Gasteiger charge is 2.25. The van der Waals surface area contributed by atoms with Gasteiger partial charge in [-0.2, -0.15) is 0 Å². The first-order valence-corrected chi connectivity index (χ1v) is 7.38. The van der Waals surface area contributed by atoms with E-state index >= 15 is 0 Å². The van der Waals surface area contributed by atoms with E-state index in [-0.39, 0.29) is 23.8 Å². The van der Waals surface area contributed by atoms with Crippen molar-refractivity contribution in [2.75, 3.05) is 25.0 Å². The molecular formula is C15H21N3O4. The maximum atomic E-state index is 12.2. The molecule has 120 valence electrons. The van der Waals surface area contributed by atoms with Crippen LogP contribution >= 0.6 is 0 Å². The Bertz CT molecular complexity index is 539. The van der Waals surface area contributed by atoms with Crippen LogP contribution in [0.1, 0.15) is 20.3 Å². The van der Waals surface area contributed by atoms with Gasteiger partial charge in [-0.1, -0.05) is 12.1 Å². The van der Waals surface area contributed by atoms with Gasteiger partial charge >= 0.3 is 0 Å². The monoisotopic (exact) mass is 307 g/mol. The van der Waals surface area contributed by atoms with Gasteiger partial charge in [0.25, 0.3) is 5.69 Å². The van der Waals surface area contributed by atoms with Crippen molar-refractivity contribution in [2.24, 2.45) is 0 Å². The van der Waals surface area contributed by atoms with E-state index in [0.717, 1.165) is 0 Å². The van der Waals surface area contributed by atoms with Gasteiger partial charge in [0.15, 0.2) is 0 Å². The van der Waals surface area contributed by atoms with E-state index in [1.807, 2.05) is 13.8 Å². The Morgan fingerprint density at radius 1 is 1.36 bits per heavy atom. The van der Waals surface area contributed by atoms with Crippen molar-refractivity contribution in [1.82, 2.24) is 4.90 Å². The minimum absolute atomic E-state index is 0.0172. The highest BCUT2D eigenvalue weighted by molar-refractivity contribution is 5.77. The molecule has 1 N–H and O–H groups in total. The predicted octanol–water partition coefficient (Wildman–Crippen LogP) is 2.03. The number of nitro benzene ring substituents is 1. The normalized spacial score (nSPS) is 21.5. The number of anilines is 1. The van der Waals surface area contributed by atoms with Gasteiger partial charge in [0, 0.05) is 32.1 Å². The molecular weight excluding hydrogens is 286 g/mol. The summed E-state index contributed by atoms with van der Waals surface area (Å²) in [5.74, 6) is 0.0353. The fourth-order valence-corrected chi connectivity index (χ4v) is 2.63. The van der Waals surface area contributed by atoms with Crippen LogP contribution in [0.2, 0.25) is 0 Å². The molecule has 0 aromatic heterocycles. The number of nitrogens with zero attached hydrogens (tertiary/aromatic N) is 2. The summed E-state index contributed by atoms with van der Waals surface area (Å²) in [6.45, 7) is 5.44. The van der Waals surface area contributed by atoms with Crippen LogP contribution in [0.25, 0.3) is 0 Å². The lowest BCUT2D eigenvalue weighted by atomic mass is 10.2. The van der Waals surface area contributed by atoms with Crippen molar-refractivity contribution in [3.63, 3.8) is 0 Å². The molecule has 1 aromatic rings. The van der Waals surface area contributed by atoms with E-state index in [4.69, 9.17) is 4.74 Å². The summed E-state index contributed by atoms with van der Waals surface area (Å²) in [5, 5.41) is 13.9. The molecule has 0 saturated carbocycles. The van der Waals surface area contributed by atoms with Crippen molar-refractivity contribution in [3.8, 4) is 0 Å². The number of para-hydroxylation sites is 2. The van der Waals surface area contributed by atoms with Gasteiger partial charge in [0.1, 0.15) is 5.69 Å². The molecule has 1 saturated heterocycles. The molecule has 0 bridgehead atoms. The maximum absolute atomic E-state index is 12.2. The number of nitro groups is 1. The average Bonchev–Trinajstić information content (AvgIpc) is 2.46. The van der Waals surface area contributed by atoms with Gasteiger partial charge in [-0.15, -0.1) is 0 Å². The maximum Gasteiger partial charge on any atom is 0.292 e. The molecule has 0 unspecified atom stereocenters. The molecule has 2 rings (SSSR count). The van der Waals surface area contributed by atoms with E-state index < -0.39 is 4.92 Å². The van der Waals surface area contributed by atoms with E-state index in [2.05, 4.69) is 5.32 Å². The zero-order valence-corrected chi connectivity index (χ0v) is 12.8. The van der Waals surface area contributed by atoms with Crippen molar-refractivity contribution < 1.29 is 14.5 Å². The van der Waals surface area contributed by atoms with Crippen LogP contribution in [-0.2, 0) is 9.53 Å². The molecule has 1 aromatic carbocycles. The summed E-state index contributed by atoms with van der Waals surface area (Å²) in [5.41, 5.74) is 0.451. The molecule has 0 spiro atoms. The Hall–Kier alpha value is -2.15. The molecule has 1 aliphatic heterocycles. The van der Waals surface area contributed by atoms with Gasteiger partial charge in [0.2, 0.25) is 5.91 Å². The first kappa shape index (κ1) is 16.2. The highest BCUT2D eigenvalue weighted by atomic mass is 16.6. The van der Waals surface area contributed by atoms with Gasteiger partial charge < -0.3 is 15.0 Å². The number of carbonyl (C=O) groups excluding carboxylic acids is 1. The van der Waals surface area contributed by atoms with Gasteiger partial charge in [0.05, 0.1) is 17.1 Å². The van der Waals surface area contributed by atoms with E-state index in [0.29, 0.717) is 31.7 Å². The van der Waals surface area contributed by atoms with E-state index in [1.165, 1.54) is 6.07 Å². The summed E-state index contributed by atoms with van der Waals surface area (Å²) < 4.78 is 5.60. The average molecular weight is 307 g/mol. The topological polar surface area (TPSA) is 84.7 Å². The molecule has 7 nitrogen and oxygen atoms in total. The molecule has 1 aliphatic rings. The lowest BCUT2D eigenvalue weighted by Crippen LogP contribution is -2.48. The summed E-state index contributed by atoms with van der Waals surface area (Å²) in [7, 11) is 0. The second kappa shape index (κ2) is 7.22. The number of rotatable bonds is 5. The third-order valence-electron chi connectivity index (χ3n) is 3.53. The Morgan fingerprint density at radius 3 is 2.64 bits per heavy atom. The predicted molar refractivity (Wildman–Crippen MR) is 82.8 cm³/mol. The number of amides is 1. The highest BCUT2D eigenvalue weighted by Crippen LogP contribution is 2.23. The third-order valence-corrected chi connectivity index (χ3v) is 3.53. The number of benzene rings is 1. The SMILES string of the molecule is C[C@@H]1CN(C(=O)CCNc2ccccc2[N+](=O)[O-])C[C@@H](C)O1. The van der Waals surface area contributed by atoms with Crippen molar-refractivity contribution in [1.29, 1.82) is 0 Å². The van der Waals surface area contributed by atoms with Gasteiger partial charge in [-0.05, 0) is 19.9 Å². The molecule has 1 fully saturated rings. The minimum atomic E-state index is -0.435. The molecule has 2 atom stereocenters. The number of carbonyl (C=O) groups is 1. The van der Waals surface area contributed by atoms with Crippen LogP contribution in [0.15, 0.2) is 24.3 Å². The molecule has 0 radical (unpaired) electrons. The molecule has 7 heteroatoms. The first-order valence-electron chi connectivity index (χ1n) is 7.38. The largest absolute Gasteiger partial charge is 0.379 e. The van der Waals surface area contributed by atoms with Gasteiger partial charge in [-0.25, -0.2) is 0 Å². The van der Waals surface area contributed by atoms with Crippen LogP contribution < -0.4 is 5.32 Å². The number of ether oxygens (including phenoxy) is 1. The van der Waals surface area contributed by atoms with E-state index in [9.17, 15) is 14.9 Å². The Labute approximate surface area is 129 Å². The quantitative estimate of drug-likeness (QED) is 0.664. The summed E-state index contributed by atoms with van der Waals surface area (Å²) in [4.78, 5) is 24.5. The first-order chi connectivity index (χ1) is 10.5. The summed E-state index contributed by atoms with van der Waals surface area (Å²) in [6, 6.07) is 6.42. The molecule has 22 heavy (non-hydrogen) atoms. The Kier molecular flexibility index (Phi) is 5.32. The van der Waals surface area contributed by atoms with Crippen LogP contribution in [0, 0.1) is 10.1 Å². The van der Waals surface area contributed by atoms with Crippen LogP contribution in [0.3, 0.4) is 0 Å². The fraction of sp³-hybridized carbons (Fsp3) is 0.533. The number of hydrogen-bond donors (Lipinski definition) is 1. The molecule has 1 amide bonds. The molecule has 1 heterocycles. The summed E-state index contributed by atoms with van der Waals surface area (Å²) in [6.07, 6.45) is 0.373. The smallest absolute Gasteiger partial charge is 0.292 e. The second-order valence-electron chi connectivity index (χ2n) is 5.51. The Morgan fingerprint density at radius 2 is 2.00 bits per heavy atom. The zero-order valence-electron chi connectivity index (χ0n) is 12.8. The number of nitrogens with one attached hydrogen (secondary N) is 1. The zero-order chi connectivity index (χ0) is 16.1. The second-order valence-corrected chi connectivity index (χ2v) is 5.51. The standard InChI is InChI=1S/C15H21N3O4/c1-11-9-17(10-12(2)22-11)15(19)7-8-16-13-5-3-4-6-14(13)18(20)21/h3-6,11-12,16H,7-10H2,1-2H3/t11-,12-/m1/s1. The van der Waals surface area contributed by atoms with Crippen LogP contribution in [0.5, 0.6) is 0 Å². The third kappa shape index (κ3) is 4.17. The lowest BCUT2D eigenvalue weighted by Gasteiger charge is -2.35. The van der Waals surface area contributed by atoms with Crippen molar-refractivity contribution in [3.05, 3.63) is 34.4 Å². The van der Waals surface area contributed by atoms with Crippen molar-refractivity contribution >= 4 is 17.3 Å². The lowest BCUT2D eigenvalue weighted by molar-refractivity contribution is -0.384. The van der Waals surface area contributed by atoms with Gasteiger partial charge in [-0.3, -0.25) is 14.9 Å². The summed E-state index contributed by atoms with van der Waals surface area (Å²) >= 11 is 0. The minimum Gasteiger partial charge on any atom is -0.379 e. The van der Waals surface area contributed by atoms with Crippen LogP contribution in [-0.4, -0.2) is 47.6 Å². The number of morpholine rings is 1. The fourth-order valence-electron chi connectivity index (χ4n) is 2.63. The van der Waals surface area contributed by atoms with E-state index in [1.54, 1.807) is 23.1 Å². The molecule has 0 aliphatic carbocycles. The van der Waals surface area contributed by atoms with Crippen LogP contribution in [0.4, 0.5) is 11.4 Å². The van der Waals surface area contributed by atoms with Crippen molar-refractivity contribution in [2.45, 2.75) is 32.5 Å². The Balaban J connectivity index is 1.86.